The molecule has 0 saturated carbocycles. The molecule has 1 aliphatic heterocycles. The van der Waals surface area contributed by atoms with Crippen molar-refractivity contribution < 1.29 is 23.8 Å². The maximum atomic E-state index is 13.6. The number of nitrogens with zero attached hydrogens (tertiary/aromatic N) is 2. The molecule has 0 saturated heterocycles. The Hall–Kier alpha value is -3.36. The number of hydrogen-bond donors (Lipinski definition) is 0. The number of carbonyl (C=O) groups is 2. The van der Waals surface area contributed by atoms with Crippen molar-refractivity contribution >= 4 is 23.2 Å². The highest BCUT2D eigenvalue weighted by Gasteiger charge is 2.33. The summed E-state index contributed by atoms with van der Waals surface area (Å²) >= 11 is 1.70. The monoisotopic (exact) mass is 494 g/mol. The quantitative estimate of drug-likeness (QED) is 0.425. The van der Waals surface area contributed by atoms with Crippen LogP contribution in [-0.4, -0.2) is 68.7 Å². The Bertz CT molecular complexity index is 1130. The first-order valence-corrected chi connectivity index (χ1v) is 12.4. The molecule has 1 atom stereocenters. The second-order valence-electron chi connectivity index (χ2n) is 8.23. The van der Waals surface area contributed by atoms with Crippen LogP contribution < -0.4 is 9.47 Å². The molecule has 0 unspecified atom stereocenters. The molecular weight excluding hydrogens is 464 g/mol. The van der Waals surface area contributed by atoms with E-state index < -0.39 is 0 Å². The van der Waals surface area contributed by atoms with E-state index in [1.165, 1.54) is 4.88 Å². The fourth-order valence-corrected chi connectivity index (χ4v) is 5.14. The van der Waals surface area contributed by atoms with Crippen LogP contribution in [0.1, 0.15) is 26.8 Å². The Morgan fingerprint density at radius 1 is 1.06 bits per heavy atom. The van der Waals surface area contributed by atoms with E-state index >= 15 is 0 Å². The average molecular weight is 495 g/mol. The molecule has 0 radical (unpaired) electrons. The van der Waals surface area contributed by atoms with Gasteiger partial charge < -0.3 is 24.0 Å². The fraction of sp³-hybridized carbons (Fsp3) is 0.333. The first-order valence-electron chi connectivity index (χ1n) is 11.6. The highest BCUT2D eigenvalue weighted by Crippen LogP contribution is 2.34. The molecule has 1 aromatic heterocycles. The molecule has 2 heterocycles. The molecule has 3 aromatic rings. The Morgan fingerprint density at radius 3 is 2.63 bits per heavy atom. The minimum Gasteiger partial charge on any atom is -0.497 e. The number of methoxy groups -OCH3 is 2. The number of carbonyl (C=O) groups excluding carboxylic acids is 2. The standard InChI is InChI=1S/C27H30N2O5S/c1-32-15-14-28(27(31)20-7-4-3-5-8-20)18-26(30)29-13-11-25-23(12-16-35-25)24(29)19-34-22-10-6-9-21(17-22)33-2/h3-10,12,16-17,24H,11,13-15,18-19H2,1-2H3/t24-/m1/s1. The molecule has 1 aliphatic rings. The van der Waals surface area contributed by atoms with E-state index in [1.807, 2.05) is 47.4 Å². The zero-order valence-electron chi connectivity index (χ0n) is 20.0. The van der Waals surface area contributed by atoms with Gasteiger partial charge in [-0.25, -0.2) is 0 Å². The van der Waals surface area contributed by atoms with Crippen LogP contribution in [0.15, 0.2) is 66.0 Å². The summed E-state index contributed by atoms with van der Waals surface area (Å²) in [5.74, 6) is 1.10. The van der Waals surface area contributed by atoms with Gasteiger partial charge in [0, 0.05) is 36.7 Å². The van der Waals surface area contributed by atoms with E-state index in [1.54, 1.807) is 42.6 Å². The topological polar surface area (TPSA) is 68.3 Å². The van der Waals surface area contributed by atoms with Gasteiger partial charge in [-0.05, 0) is 47.7 Å². The van der Waals surface area contributed by atoms with Gasteiger partial charge in [0.2, 0.25) is 5.91 Å². The Labute approximate surface area is 209 Å². The molecule has 2 amide bonds. The first kappa shape index (κ1) is 24.8. The molecule has 0 N–H and O–H groups in total. The second kappa shape index (κ2) is 11.9. The van der Waals surface area contributed by atoms with Crippen molar-refractivity contribution in [2.45, 2.75) is 12.5 Å². The van der Waals surface area contributed by atoms with Gasteiger partial charge in [0.25, 0.3) is 5.91 Å². The number of hydrogen-bond acceptors (Lipinski definition) is 6. The summed E-state index contributed by atoms with van der Waals surface area (Å²) in [5.41, 5.74) is 1.66. The van der Waals surface area contributed by atoms with Crippen LogP contribution in [0.25, 0.3) is 0 Å². The van der Waals surface area contributed by atoms with Crippen molar-refractivity contribution in [1.82, 2.24) is 9.80 Å². The third kappa shape index (κ3) is 6.01. The molecule has 0 fully saturated rings. The van der Waals surface area contributed by atoms with Crippen molar-refractivity contribution in [1.29, 1.82) is 0 Å². The van der Waals surface area contributed by atoms with Crippen molar-refractivity contribution in [3.63, 3.8) is 0 Å². The predicted octanol–water partition coefficient (Wildman–Crippen LogP) is 4.05. The number of ether oxygens (including phenoxy) is 3. The van der Waals surface area contributed by atoms with Gasteiger partial charge >= 0.3 is 0 Å². The number of benzene rings is 2. The van der Waals surface area contributed by atoms with Crippen LogP contribution in [-0.2, 0) is 16.0 Å². The normalized spacial score (nSPS) is 14.8. The third-order valence-electron chi connectivity index (χ3n) is 6.06. The molecule has 184 valence electrons. The lowest BCUT2D eigenvalue weighted by atomic mass is 10.0. The zero-order chi connectivity index (χ0) is 24.6. The van der Waals surface area contributed by atoms with Gasteiger partial charge in [0.1, 0.15) is 24.7 Å². The lowest BCUT2D eigenvalue weighted by Gasteiger charge is -2.37. The van der Waals surface area contributed by atoms with Crippen LogP contribution in [0.5, 0.6) is 11.5 Å². The Kier molecular flexibility index (Phi) is 8.39. The number of fused-ring (bicyclic) bond motifs is 1. The maximum Gasteiger partial charge on any atom is 0.254 e. The molecule has 0 spiro atoms. The van der Waals surface area contributed by atoms with E-state index in [0.717, 1.165) is 12.0 Å². The summed E-state index contributed by atoms with van der Waals surface area (Å²) in [7, 11) is 3.20. The maximum absolute atomic E-state index is 13.6. The largest absolute Gasteiger partial charge is 0.497 e. The van der Waals surface area contributed by atoms with Crippen molar-refractivity contribution in [3.8, 4) is 11.5 Å². The highest BCUT2D eigenvalue weighted by atomic mass is 32.1. The van der Waals surface area contributed by atoms with E-state index in [-0.39, 0.29) is 24.4 Å². The summed E-state index contributed by atoms with van der Waals surface area (Å²) in [6, 6.07) is 18.3. The molecule has 8 heteroatoms. The third-order valence-corrected chi connectivity index (χ3v) is 7.06. The molecule has 4 rings (SSSR count). The van der Waals surface area contributed by atoms with Gasteiger partial charge in [0.15, 0.2) is 0 Å². The van der Waals surface area contributed by atoms with Crippen molar-refractivity contribution in [2.24, 2.45) is 0 Å². The van der Waals surface area contributed by atoms with E-state index in [4.69, 9.17) is 14.2 Å². The number of thiophene rings is 1. The molecule has 0 aliphatic carbocycles. The zero-order valence-corrected chi connectivity index (χ0v) is 20.8. The summed E-state index contributed by atoms with van der Waals surface area (Å²) < 4.78 is 16.6. The van der Waals surface area contributed by atoms with E-state index in [2.05, 4.69) is 11.4 Å². The van der Waals surface area contributed by atoms with Crippen LogP contribution in [0, 0.1) is 0 Å². The summed E-state index contributed by atoms with van der Waals surface area (Å²) in [6.45, 7) is 1.55. The van der Waals surface area contributed by atoms with Crippen molar-refractivity contribution in [3.05, 3.63) is 82.0 Å². The molecule has 35 heavy (non-hydrogen) atoms. The molecule has 7 nitrogen and oxygen atoms in total. The average Bonchev–Trinajstić information content (AvgIpc) is 3.39. The molecule has 0 bridgehead atoms. The smallest absolute Gasteiger partial charge is 0.254 e. The van der Waals surface area contributed by atoms with E-state index in [0.29, 0.717) is 43.4 Å². The Balaban J connectivity index is 1.52. The van der Waals surface area contributed by atoms with E-state index in [9.17, 15) is 9.59 Å². The lowest BCUT2D eigenvalue weighted by Crippen LogP contribution is -2.48. The lowest BCUT2D eigenvalue weighted by molar-refractivity contribution is -0.135. The van der Waals surface area contributed by atoms with Crippen LogP contribution in [0.3, 0.4) is 0 Å². The van der Waals surface area contributed by atoms with Crippen LogP contribution in [0.2, 0.25) is 0 Å². The van der Waals surface area contributed by atoms with Crippen molar-refractivity contribution in [2.75, 3.05) is 47.1 Å². The van der Waals surface area contributed by atoms with Crippen LogP contribution in [0.4, 0.5) is 0 Å². The minimum absolute atomic E-state index is 0.0216. The minimum atomic E-state index is -0.236. The first-order chi connectivity index (χ1) is 17.1. The highest BCUT2D eigenvalue weighted by molar-refractivity contribution is 7.10. The molecule has 2 aromatic carbocycles. The second-order valence-corrected chi connectivity index (χ2v) is 9.23. The van der Waals surface area contributed by atoms with Gasteiger partial charge in [0.05, 0.1) is 19.8 Å². The Morgan fingerprint density at radius 2 is 1.86 bits per heavy atom. The summed E-state index contributed by atoms with van der Waals surface area (Å²) in [5, 5.41) is 2.06. The summed E-state index contributed by atoms with van der Waals surface area (Å²) in [4.78, 5) is 31.4. The number of amides is 2. The van der Waals surface area contributed by atoms with Gasteiger partial charge in [-0.1, -0.05) is 24.3 Å². The van der Waals surface area contributed by atoms with Gasteiger partial charge in [-0.2, -0.15) is 0 Å². The molecular formula is C27H30N2O5S. The summed E-state index contributed by atoms with van der Waals surface area (Å²) in [6.07, 6.45) is 0.791. The SMILES string of the molecule is COCCN(CC(=O)N1CCc2sccc2[C@H]1COc1cccc(OC)c1)C(=O)c1ccccc1. The van der Waals surface area contributed by atoms with Gasteiger partial charge in [-0.15, -0.1) is 11.3 Å². The fourth-order valence-electron chi connectivity index (χ4n) is 4.21. The predicted molar refractivity (Wildman–Crippen MR) is 135 cm³/mol. The van der Waals surface area contributed by atoms with Gasteiger partial charge in [-0.3, -0.25) is 9.59 Å². The number of rotatable bonds is 10. The van der Waals surface area contributed by atoms with Crippen LogP contribution >= 0.6 is 11.3 Å².